The molecular weight excluding hydrogens is 156 g/mol. The average Bonchev–Trinajstić information content (AvgIpc) is 2.56. The van der Waals surface area contributed by atoms with Gasteiger partial charge in [0.2, 0.25) is 0 Å². The van der Waals surface area contributed by atoms with Crippen molar-refractivity contribution in [2.45, 2.75) is 0 Å². The Balaban J connectivity index is 2.49. The Morgan fingerprint density at radius 2 is 2.50 bits per heavy atom. The van der Waals surface area contributed by atoms with Gasteiger partial charge in [-0.15, -0.1) is 0 Å². The molecule has 1 heterocycles. The fourth-order valence-corrected chi connectivity index (χ4v) is 0.902. The second kappa shape index (κ2) is 3.80. The molecule has 1 rings (SSSR count). The van der Waals surface area contributed by atoms with E-state index in [4.69, 9.17) is 0 Å². The minimum atomic E-state index is -0.243. The molecular formula is C8H12N2O2. The van der Waals surface area contributed by atoms with Crippen LogP contribution in [-0.2, 0) is 9.53 Å². The fourth-order valence-electron chi connectivity index (χ4n) is 0.902. The molecule has 0 aliphatic rings. The van der Waals surface area contributed by atoms with Crippen LogP contribution >= 0.6 is 0 Å². The molecule has 4 heteroatoms. The number of nitrogens with one attached hydrogen (secondary N) is 1. The van der Waals surface area contributed by atoms with Crippen molar-refractivity contribution >= 4 is 11.8 Å². The van der Waals surface area contributed by atoms with Crippen molar-refractivity contribution in [3.63, 3.8) is 0 Å². The molecule has 0 amide bonds. The number of ether oxygens (including phenoxy) is 1. The third kappa shape index (κ3) is 2.02. The topological polar surface area (TPSA) is 45.3 Å². The maximum Gasteiger partial charge on any atom is 0.325 e. The molecule has 1 aromatic rings. The summed E-state index contributed by atoms with van der Waals surface area (Å²) in [4.78, 5) is 15.6. The van der Waals surface area contributed by atoms with Crippen LogP contribution in [0, 0.1) is 0 Å². The first-order valence-electron chi connectivity index (χ1n) is 3.65. The number of hydrogen-bond donors (Lipinski definition) is 1. The molecule has 0 unspecified atom stereocenters. The smallest absolute Gasteiger partial charge is 0.325 e. The highest BCUT2D eigenvalue weighted by atomic mass is 16.5. The molecule has 12 heavy (non-hydrogen) atoms. The zero-order valence-electron chi connectivity index (χ0n) is 7.20. The number of esters is 1. The van der Waals surface area contributed by atoms with Crippen LogP contribution in [0.5, 0.6) is 0 Å². The molecule has 0 saturated heterocycles. The lowest BCUT2D eigenvalue weighted by Gasteiger charge is -2.14. The summed E-state index contributed by atoms with van der Waals surface area (Å²) in [7, 11) is 3.20. The predicted molar refractivity (Wildman–Crippen MR) is 46.1 cm³/mol. The van der Waals surface area contributed by atoms with Crippen molar-refractivity contribution in [1.82, 2.24) is 4.98 Å². The monoisotopic (exact) mass is 168 g/mol. The number of nitrogens with zero attached hydrogens (tertiary/aromatic N) is 1. The minimum Gasteiger partial charge on any atom is -0.468 e. The van der Waals surface area contributed by atoms with Gasteiger partial charge >= 0.3 is 5.97 Å². The molecule has 0 bridgehead atoms. The minimum absolute atomic E-state index is 0.243. The van der Waals surface area contributed by atoms with E-state index in [0.29, 0.717) is 0 Å². The van der Waals surface area contributed by atoms with Gasteiger partial charge in [0.25, 0.3) is 0 Å². The molecule has 0 aliphatic heterocycles. The number of methoxy groups -OCH3 is 1. The van der Waals surface area contributed by atoms with E-state index in [1.807, 2.05) is 25.4 Å². The number of anilines is 1. The molecule has 0 saturated carbocycles. The van der Waals surface area contributed by atoms with E-state index in [0.717, 1.165) is 5.82 Å². The number of aromatic amines is 1. The molecule has 66 valence electrons. The van der Waals surface area contributed by atoms with Gasteiger partial charge in [0.15, 0.2) is 0 Å². The van der Waals surface area contributed by atoms with Gasteiger partial charge < -0.3 is 14.6 Å². The van der Waals surface area contributed by atoms with Crippen LogP contribution in [0.25, 0.3) is 0 Å². The first kappa shape index (κ1) is 8.64. The normalized spacial score (nSPS) is 9.50. The van der Waals surface area contributed by atoms with Crippen molar-refractivity contribution in [3.05, 3.63) is 18.3 Å². The summed E-state index contributed by atoms with van der Waals surface area (Å²) in [5, 5.41) is 0. The van der Waals surface area contributed by atoms with Gasteiger partial charge in [0, 0.05) is 13.2 Å². The van der Waals surface area contributed by atoms with E-state index in [9.17, 15) is 4.79 Å². The highest BCUT2D eigenvalue weighted by Crippen LogP contribution is 2.06. The first-order valence-corrected chi connectivity index (χ1v) is 3.65. The summed E-state index contributed by atoms with van der Waals surface area (Å²) in [5.41, 5.74) is 0. The maximum absolute atomic E-state index is 10.8. The number of carbonyl (C=O) groups is 1. The number of rotatable bonds is 3. The van der Waals surface area contributed by atoms with E-state index in [1.54, 1.807) is 4.90 Å². The van der Waals surface area contributed by atoms with Gasteiger partial charge in [-0.1, -0.05) is 0 Å². The third-order valence-corrected chi connectivity index (χ3v) is 1.59. The van der Waals surface area contributed by atoms with Gasteiger partial charge in [-0.2, -0.15) is 0 Å². The lowest BCUT2D eigenvalue weighted by molar-refractivity contribution is -0.138. The SMILES string of the molecule is COC(=O)CN(C)c1ccc[nH]1. The molecule has 1 N–H and O–H groups in total. The van der Waals surface area contributed by atoms with Crippen molar-refractivity contribution in [2.75, 3.05) is 25.6 Å². The van der Waals surface area contributed by atoms with Gasteiger partial charge in [-0.25, -0.2) is 0 Å². The Bertz CT molecular complexity index is 244. The number of likely N-dealkylation sites (N-methyl/N-ethyl adjacent to an activating group) is 1. The second-order valence-electron chi connectivity index (χ2n) is 2.49. The highest BCUT2D eigenvalue weighted by Gasteiger charge is 2.06. The van der Waals surface area contributed by atoms with Crippen molar-refractivity contribution < 1.29 is 9.53 Å². The summed E-state index contributed by atoms with van der Waals surface area (Å²) in [6.45, 7) is 0.261. The van der Waals surface area contributed by atoms with Gasteiger partial charge in [-0.05, 0) is 12.1 Å². The zero-order chi connectivity index (χ0) is 8.97. The van der Waals surface area contributed by atoms with Crippen molar-refractivity contribution in [2.24, 2.45) is 0 Å². The van der Waals surface area contributed by atoms with Crippen LogP contribution in [0.2, 0.25) is 0 Å². The first-order chi connectivity index (χ1) is 5.74. The van der Waals surface area contributed by atoms with E-state index in [2.05, 4.69) is 9.72 Å². The largest absolute Gasteiger partial charge is 0.468 e. The van der Waals surface area contributed by atoms with E-state index >= 15 is 0 Å². The zero-order valence-corrected chi connectivity index (χ0v) is 7.20. The molecule has 0 spiro atoms. The molecule has 0 atom stereocenters. The van der Waals surface area contributed by atoms with E-state index in [1.165, 1.54) is 7.11 Å². The highest BCUT2D eigenvalue weighted by molar-refractivity contribution is 5.74. The molecule has 1 aromatic heterocycles. The number of carbonyl (C=O) groups excluding carboxylic acids is 1. The van der Waals surface area contributed by atoms with Crippen LogP contribution < -0.4 is 4.90 Å². The maximum atomic E-state index is 10.8. The molecule has 0 aromatic carbocycles. The summed E-state index contributed by atoms with van der Waals surface area (Å²) in [6, 6.07) is 3.77. The lowest BCUT2D eigenvalue weighted by Crippen LogP contribution is -2.26. The average molecular weight is 168 g/mol. The third-order valence-electron chi connectivity index (χ3n) is 1.59. The van der Waals surface area contributed by atoms with E-state index < -0.39 is 0 Å². The number of aromatic nitrogens is 1. The number of hydrogen-bond acceptors (Lipinski definition) is 3. The van der Waals surface area contributed by atoms with Gasteiger partial charge in [0.1, 0.15) is 12.4 Å². The molecule has 0 radical (unpaired) electrons. The van der Waals surface area contributed by atoms with E-state index in [-0.39, 0.29) is 12.5 Å². The second-order valence-corrected chi connectivity index (χ2v) is 2.49. The Hall–Kier alpha value is -1.45. The lowest BCUT2D eigenvalue weighted by atomic mass is 10.5. The summed E-state index contributed by atoms with van der Waals surface area (Å²) in [6.07, 6.45) is 1.81. The van der Waals surface area contributed by atoms with Crippen LogP contribution in [0.3, 0.4) is 0 Å². The van der Waals surface area contributed by atoms with Crippen LogP contribution in [0.4, 0.5) is 5.82 Å². The fraction of sp³-hybridized carbons (Fsp3) is 0.375. The quantitative estimate of drug-likeness (QED) is 0.673. The predicted octanol–water partition coefficient (Wildman–Crippen LogP) is 0.624. The van der Waals surface area contributed by atoms with Crippen LogP contribution in [0.15, 0.2) is 18.3 Å². The van der Waals surface area contributed by atoms with Crippen molar-refractivity contribution in [1.29, 1.82) is 0 Å². The molecule has 0 aliphatic carbocycles. The van der Waals surface area contributed by atoms with Crippen LogP contribution in [0.1, 0.15) is 0 Å². The summed E-state index contributed by atoms with van der Waals surface area (Å²) in [5.74, 6) is 0.660. The Morgan fingerprint density at radius 3 is 3.00 bits per heavy atom. The summed E-state index contributed by atoms with van der Waals surface area (Å²) < 4.78 is 4.52. The number of H-pyrrole nitrogens is 1. The van der Waals surface area contributed by atoms with Crippen molar-refractivity contribution in [3.8, 4) is 0 Å². The Morgan fingerprint density at radius 1 is 1.75 bits per heavy atom. The Labute approximate surface area is 71.1 Å². The molecule has 0 fully saturated rings. The standard InChI is InChI=1S/C8H12N2O2/c1-10(6-8(11)12-2)7-4-3-5-9-7/h3-5,9H,6H2,1-2H3. The molecule has 4 nitrogen and oxygen atoms in total. The Kier molecular flexibility index (Phi) is 2.74. The summed E-state index contributed by atoms with van der Waals surface area (Å²) >= 11 is 0. The van der Waals surface area contributed by atoms with Gasteiger partial charge in [-0.3, -0.25) is 4.79 Å². The van der Waals surface area contributed by atoms with Gasteiger partial charge in [0.05, 0.1) is 7.11 Å². The van der Waals surface area contributed by atoms with Crippen LogP contribution in [-0.4, -0.2) is 31.7 Å².